The fraction of sp³-hybridized carbons (Fsp3) is 0.368. The van der Waals surface area contributed by atoms with Crippen molar-refractivity contribution in [2.45, 2.75) is 33.2 Å². The number of carbonyl (C=O) groups excluding carboxylic acids is 1. The van der Waals surface area contributed by atoms with Gasteiger partial charge in [0, 0.05) is 36.4 Å². The number of fused-ring (bicyclic) bond motifs is 1. The molecule has 5 heteroatoms. The van der Waals surface area contributed by atoms with E-state index < -0.39 is 0 Å². The number of imidazole rings is 1. The summed E-state index contributed by atoms with van der Waals surface area (Å²) in [5.41, 5.74) is 5.26. The van der Waals surface area contributed by atoms with Gasteiger partial charge in [-0.3, -0.25) is 4.79 Å². The first kappa shape index (κ1) is 15.0. The summed E-state index contributed by atoms with van der Waals surface area (Å²) in [7, 11) is 0. The monoisotopic (exact) mass is 322 g/mol. The molecule has 1 atom stereocenters. The number of nitrogens with zero attached hydrogens (tertiary/aromatic N) is 3. The Morgan fingerprint density at radius 3 is 2.88 bits per heavy atom. The first-order valence-corrected chi connectivity index (χ1v) is 8.41. The average molecular weight is 322 g/mol. The number of nitrogens with one attached hydrogen (secondary N) is 1. The van der Waals surface area contributed by atoms with Crippen molar-refractivity contribution in [1.82, 2.24) is 19.4 Å². The number of rotatable bonds is 2. The van der Waals surface area contributed by atoms with Gasteiger partial charge in [0.15, 0.2) is 0 Å². The van der Waals surface area contributed by atoms with Crippen LogP contribution in [-0.2, 0) is 0 Å². The molecule has 1 aromatic carbocycles. The minimum absolute atomic E-state index is 0.100. The number of aromatic amines is 1. The predicted octanol–water partition coefficient (Wildman–Crippen LogP) is 3.38. The third-order valence-corrected chi connectivity index (χ3v) is 5.12. The molecular weight excluding hydrogens is 300 g/mol. The number of aromatic nitrogens is 3. The molecule has 0 spiro atoms. The number of hydrogen-bond donors (Lipinski definition) is 1. The van der Waals surface area contributed by atoms with Crippen LogP contribution in [-0.4, -0.2) is 38.4 Å². The Bertz CT molecular complexity index is 907. The smallest absolute Gasteiger partial charge is 0.270 e. The van der Waals surface area contributed by atoms with Crippen LogP contribution in [0, 0.1) is 20.8 Å². The number of H-pyrrole nitrogens is 1. The van der Waals surface area contributed by atoms with Gasteiger partial charge in [-0.2, -0.15) is 0 Å². The van der Waals surface area contributed by atoms with Gasteiger partial charge in [0.25, 0.3) is 5.91 Å². The number of aryl methyl sites for hydroxylation is 3. The molecule has 1 aliphatic heterocycles. The van der Waals surface area contributed by atoms with E-state index in [2.05, 4.69) is 40.5 Å². The minimum Gasteiger partial charge on any atom is -0.350 e. The summed E-state index contributed by atoms with van der Waals surface area (Å²) in [4.78, 5) is 22.5. The van der Waals surface area contributed by atoms with Crippen LogP contribution in [0.15, 0.2) is 30.9 Å². The van der Waals surface area contributed by atoms with Crippen molar-refractivity contribution in [1.29, 1.82) is 0 Å². The van der Waals surface area contributed by atoms with Crippen LogP contribution in [0.3, 0.4) is 0 Å². The number of amides is 1. The fourth-order valence-corrected chi connectivity index (χ4v) is 3.81. The predicted molar refractivity (Wildman–Crippen MR) is 94.3 cm³/mol. The summed E-state index contributed by atoms with van der Waals surface area (Å²) < 4.78 is 2.10. The average Bonchev–Trinajstić information content (AvgIpc) is 3.26. The largest absolute Gasteiger partial charge is 0.350 e. The molecule has 0 unspecified atom stereocenters. The Labute approximate surface area is 141 Å². The number of benzene rings is 1. The zero-order valence-electron chi connectivity index (χ0n) is 14.3. The van der Waals surface area contributed by atoms with Crippen molar-refractivity contribution in [3.8, 4) is 0 Å². The van der Waals surface area contributed by atoms with E-state index in [1.807, 2.05) is 24.3 Å². The molecule has 1 aliphatic rings. The first-order chi connectivity index (χ1) is 11.5. The van der Waals surface area contributed by atoms with Crippen molar-refractivity contribution >= 4 is 16.8 Å². The topological polar surface area (TPSA) is 53.9 Å². The van der Waals surface area contributed by atoms with Crippen molar-refractivity contribution in [3.63, 3.8) is 0 Å². The fourth-order valence-electron chi connectivity index (χ4n) is 3.81. The van der Waals surface area contributed by atoms with Crippen LogP contribution < -0.4 is 0 Å². The second kappa shape index (κ2) is 5.51. The van der Waals surface area contributed by atoms with E-state index in [0.717, 1.165) is 41.7 Å². The third-order valence-electron chi connectivity index (χ3n) is 5.12. The standard InChI is InChI=1S/C19H22N4O/c1-12-8-13(2)17-16(9-12)14(3)18(21-17)19(24)22-6-4-15(10-22)23-7-5-20-11-23/h5,7-9,11,15,21H,4,6,10H2,1-3H3/t15-/m0/s1. The molecule has 2 aromatic heterocycles. The summed E-state index contributed by atoms with van der Waals surface area (Å²) in [6.45, 7) is 7.74. The lowest BCUT2D eigenvalue weighted by Crippen LogP contribution is -2.29. The molecular formula is C19H22N4O. The van der Waals surface area contributed by atoms with Gasteiger partial charge in [-0.1, -0.05) is 11.6 Å². The third kappa shape index (κ3) is 2.31. The number of carbonyl (C=O) groups is 1. The molecule has 1 N–H and O–H groups in total. The molecule has 1 saturated heterocycles. The summed E-state index contributed by atoms with van der Waals surface area (Å²) >= 11 is 0. The molecule has 0 aliphatic carbocycles. The van der Waals surface area contributed by atoms with Crippen LogP contribution in [0.5, 0.6) is 0 Å². The molecule has 1 fully saturated rings. The lowest BCUT2D eigenvalue weighted by Gasteiger charge is -2.16. The molecule has 1 amide bonds. The van der Waals surface area contributed by atoms with Gasteiger partial charge in [-0.15, -0.1) is 0 Å². The Morgan fingerprint density at radius 2 is 2.12 bits per heavy atom. The maximum atomic E-state index is 13.0. The summed E-state index contributed by atoms with van der Waals surface area (Å²) in [6, 6.07) is 4.63. The van der Waals surface area contributed by atoms with E-state index >= 15 is 0 Å². The van der Waals surface area contributed by atoms with E-state index in [1.165, 1.54) is 11.1 Å². The SMILES string of the molecule is Cc1cc(C)c2[nH]c(C(=O)N3CC[C@H](n4ccnc4)C3)c(C)c2c1. The highest BCUT2D eigenvalue weighted by Gasteiger charge is 2.29. The number of likely N-dealkylation sites (tertiary alicyclic amines) is 1. The Balaban J connectivity index is 1.64. The number of hydrogen-bond acceptors (Lipinski definition) is 2. The zero-order valence-corrected chi connectivity index (χ0v) is 14.3. The highest BCUT2D eigenvalue weighted by Crippen LogP contribution is 2.29. The van der Waals surface area contributed by atoms with E-state index in [1.54, 1.807) is 6.20 Å². The van der Waals surface area contributed by atoms with Gasteiger partial charge in [0.1, 0.15) is 5.69 Å². The van der Waals surface area contributed by atoms with Gasteiger partial charge >= 0.3 is 0 Å². The van der Waals surface area contributed by atoms with Crippen molar-refractivity contribution in [2.75, 3.05) is 13.1 Å². The zero-order chi connectivity index (χ0) is 16.8. The van der Waals surface area contributed by atoms with E-state index in [9.17, 15) is 4.79 Å². The van der Waals surface area contributed by atoms with Gasteiger partial charge in [0.2, 0.25) is 0 Å². The molecule has 4 rings (SSSR count). The maximum absolute atomic E-state index is 13.0. The second-order valence-electron chi connectivity index (χ2n) is 6.83. The van der Waals surface area contributed by atoms with Crippen molar-refractivity contribution < 1.29 is 4.79 Å². The summed E-state index contributed by atoms with van der Waals surface area (Å²) in [5.74, 6) is 0.100. The summed E-state index contributed by atoms with van der Waals surface area (Å²) in [5, 5.41) is 1.15. The lowest BCUT2D eigenvalue weighted by atomic mass is 10.1. The minimum atomic E-state index is 0.100. The van der Waals surface area contributed by atoms with Gasteiger partial charge in [-0.25, -0.2) is 4.98 Å². The maximum Gasteiger partial charge on any atom is 0.270 e. The molecule has 124 valence electrons. The van der Waals surface area contributed by atoms with Crippen molar-refractivity contribution in [2.24, 2.45) is 0 Å². The molecule has 3 aromatic rings. The Kier molecular flexibility index (Phi) is 3.44. The second-order valence-corrected chi connectivity index (χ2v) is 6.83. The van der Waals surface area contributed by atoms with E-state index in [0.29, 0.717) is 6.04 Å². The Morgan fingerprint density at radius 1 is 1.29 bits per heavy atom. The highest BCUT2D eigenvalue weighted by atomic mass is 16.2. The normalized spacial score (nSPS) is 17.8. The highest BCUT2D eigenvalue weighted by molar-refractivity contribution is 6.01. The van der Waals surface area contributed by atoms with Gasteiger partial charge in [-0.05, 0) is 44.4 Å². The molecule has 0 radical (unpaired) electrons. The first-order valence-electron chi connectivity index (χ1n) is 8.41. The molecule has 24 heavy (non-hydrogen) atoms. The quantitative estimate of drug-likeness (QED) is 0.786. The van der Waals surface area contributed by atoms with E-state index in [4.69, 9.17) is 0 Å². The van der Waals surface area contributed by atoms with Crippen LogP contribution in [0.4, 0.5) is 0 Å². The molecule has 0 saturated carbocycles. The van der Waals surface area contributed by atoms with Crippen molar-refractivity contribution in [3.05, 3.63) is 53.2 Å². The van der Waals surface area contributed by atoms with Gasteiger partial charge < -0.3 is 14.5 Å². The van der Waals surface area contributed by atoms with Crippen LogP contribution >= 0.6 is 0 Å². The molecule has 3 heterocycles. The van der Waals surface area contributed by atoms with E-state index in [-0.39, 0.29) is 5.91 Å². The molecule has 5 nitrogen and oxygen atoms in total. The van der Waals surface area contributed by atoms with Gasteiger partial charge in [0.05, 0.1) is 12.4 Å². The summed E-state index contributed by atoms with van der Waals surface area (Å²) in [6.07, 6.45) is 6.56. The lowest BCUT2D eigenvalue weighted by molar-refractivity contribution is 0.0782. The van der Waals surface area contributed by atoms with Crippen LogP contribution in [0.25, 0.3) is 10.9 Å². The Hall–Kier alpha value is -2.56. The van der Waals surface area contributed by atoms with Crippen LogP contribution in [0.2, 0.25) is 0 Å². The van der Waals surface area contributed by atoms with Crippen LogP contribution in [0.1, 0.15) is 39.6 Å². The molecule has 0 bridgehead atoms.